The van der Waals surface area contributed by atoms with Crippen molar-refractivity contribution in [2.45, 2.75) is 154 Å². The molecule has 2 rings (SSSR count). The Morgan fingerprint density at radius 3 is 1.82 bits per heavy atom. The molecule has 0 radical (unpaired) electrons. The van der Waals surface area contributed by atoms with E-state index in [1.54, 1.807) is 0 Å². The second-order valence-electron chi connectivity index (χ2n) is 13.0. The highest BCUT2D eigenvalue weighted by molar-refractivity contribution is 7.45. The van der Waals surface area contributed by atoms with E-state index >= 15 is 0 Å². The fourth-order valence-electron chi connectivity index (χ4n) is 5.91. The quantitative estimate of drug-likeness (QED) is 0.0566. The third kappa shape index (κ3) is 24.1. The smallest absolute Gasteiger partial charge is 0.267 e. The molecule has 1 fully saturated rings. The molecule has 0 saturated carbocycles. The molecule has 0 N–H and O–H groups in total. The number of hydrogen-bond acceptors (Lipinski definition) is 7. The van der Waals surface area contributed by atoms with E-state index in [2.05, 4.69) is 11.8 Å². The number of unbranched alkanes of at least 4 members (excludes halogenated alkanes) is 17. The standard InChI is InChI=1S/C37H68NO6P/c1-2-3-4-5-6-7-8-9-10-11-12-13-14-15-16-24-31-41-34-37(42-33-36-26-19-17-20-27-36)35-44-45(39,40)43-32-25-18-21-28-38-29-22-23-30-38/h17,19-20,26-27,37H,2-16,18,21-25,28-35H2,1H3,(H,39,40)/p-1. The van der Waals surface area contributed by atoms with Crippen molar-refractivity contribution in [3.05, 3.63) is 35.9 Å². The van der Waals surface area contributed by atoms with E-state index < -0.39 is 13.9 Å². The molecule has 2 atom stereocenters. The number of nitrogens with zero attached hydrogens (tertiary/aromatic N) is 1. The fourth-order valence-corrected chi connectivity index (χ4v) is 6.68. The molecule has 1 aromatic rings. The third-order valence-electron chi connectivity index (χ3n) is 8.76. The molecule has 7 nitrogen and oxygen atoms in total. The number of benzene rings is 1. The molecular weight excluding hydrogens is 585 g/mol. The first-order valence-corrected chi connectivity index (χ1v) is 20.1. The first kappa shape index (κ1) is 40.4. The Balaban J connectivity index is 1.49. The van der Waals surface area contributed by atoms with Crippen LogP contribution in [0.15, 0.2) is 30.3 Å². The van der Waals surface area contributed by atoms with E-state index in [4.69, 9.17) is 18.5 Å². The average molecular weight is 653 g/mol. The highest BCUT2D eigenvalue weighted by Crippen LogP contribution is 2.38. The molecule has 1 aliphatic heterocycles. The van der Waals surface area contributed by atoms with Gasteiger partial charge in [-0.1, -0.05) is 134 Å². The van der Waals surface area contributed by atoms with Gasteiger partial charge in [-0.05, 0) is 63.7 Å². The minimum Gasteiger partial charge on any atom is -0.756 e. The number of rotatable bonds is 32. The van der Waals surface area contributed by atoms with Gasteiger partial charge in [-0.2, -0.15) is 0 Å². The topological polar surface area (TPSA) is 80.3 Å². The number of hydrogen-bond donors (Lipinski definition) is 0. The van der Waals surface area contributed by atoms with E-state index in [1.807, 2.05) is 30.3 Å². The Hall–Kier alpha value is -0.790. The van der Waals surface area contributed by atoms with E-state index in [0.29, 0.717) is 26.2 Å². The molecule has 1 heterocycles. The SMILES string of the molecule is CCCCCCCCCCCCCCCCCCOCC(COP(=O)([O-])OCCCCCN1CCCC1)OCc1ccccc1. The zero-order valence-electron chi connectivity index (χ0n) is 28.8. The van der Waals surface area contributed by atoms with Crippen LogP contribution < -0.4 is 4.89 Å². The van der Waals surface area contributed by atoms with Crippen LogP contribution in [0.4, 0.5) is 0 Å². The maximum absolute atomic E-state index is 12.4. The van der Waals surface area contributed by atoms with Gasteiger partial charge >= 0.3 is 0 Å². The molecule has 8 heteroatoms. The van der Waals surface area contributed by atoms with Crippen molar-refractivity contribution < 1.29 is 28.0 Å². The monoisotopic (exact) mass is 652 g/mol. The van der Waals surface area contributed by atoms with Gasteiger partial charge in [-0.25, -0.2) is 0 Å². The molecule has 1 aliphatic rings. The van der Waals surface area contributed by atoms with Gasteiger partial charge in [0.2, 0.25) is 0 Å². The van der Waals surface area contributed by atoms with Gasteiger partial charge in [0.15, 0.2) is 0 Å². The maximum Gasteiger partial charge on any atom is 0.267 e. The van der Waals surface area contributed by atoms with Gasteiger partial charge in [0.1, 0.15) is 6.10 Å². The first-order chi connectivity index (χ1) is 22.1. The average Bonchev–Trinajstić information content (AvgIpc) is 3.57. The lowest BCUT2D eigenvalue weighted by molar-refractivity contribution is -0.228. The van der Waals surface area contributed by atoms with Crippen LogP contribution in [0.25, 0.3) is 0 Å². The van der Waals surface area contributed by atoms with Gasteiger partial charge in [0.25, 0.3) is 7.82 Å². The van der Waals surface area contributed by atoms with Crippen LogP contribution in [0.2, 0.25) is 0 Å². The molecule has 1 aromatic carbocycles. The molecule has 0 spiro atoms. The molecule has 0 bridgehead atoms. The van der Waals surface area contributed by atoms with Gasteiger partial charge in [-0.3, -0.25) is 4.57 Å². The summed E-state index contributed by atoms with van der Waals surface area (Å²) in [6.07, 6.45) is 26.3. The summed E-state index contributed by atoms with van der Waals surface area (Å²) >= 11 is 0. The molecule has 2 unspecified atom stereocenters. The van der Waals surface area contributed by atoms with E-state index in [9.17, 15) is 9.46 Å². The Labute approximate surface area is 276 Å². The van der Waals surface area contributed by atoms with Crippen molar-refractivity contribution in [3.63, 3.8) is 0 Å². The van der Waals surface area contributed by atoms with Crippen LogP contribution in [-0.2, 0) is 29.7 Å². The Kier molecular flexibility index (Phi) is 25.3. The van der Waals surface area contributed by atoms with Crippen LogP contribution in [0, 0.1) is 0 Å². The van der Waals surface area contributed by atoms with Gasteiger partial charge < -0.3 is 28.3 Å². The highest BCUT2D eigenvalue weighted by atomic mass is 31.2. The van der Waals surface area contributed by atoms with Gasteiger partial charge in [0, 0.05) is 6.61 Å². The predicted octanol–water partition coefficient (Wildman–Crippen LogP) is 9.62. The largest absolute Gasteiger partial charge is 0.756 e. The van der Waals surface area contributed by atoms with E-state index in [0.717, 1.165) is 37.8 Å². The number of ether oxygens (including phenoxy) is 2. The van der Waals surface area contributed by atoms with Crippen LogP contribution in [-0.4, -0.2) is 57.1 Å². The maximum atomic E-state index is 12.4. The highest BCUT2D eigenvalue weighted by Gasteiger charge is 2.17. The third-order valence-corrected chi connectivity index (χ3v) is 9.72. The van der Waals surface area contributed by atoms with Crippen molar-refractivity contribution in [1.29, 1.82) is 0 Å². The van der Waals surface area contributed by atoms with E-state index in [1.165, 1.54) is 116 Å². The van der Waals surface area contributed by atoms with Crippen molar-refractivity contribution in [3.8, 4) is 0 Å². The van der Waals surface area contributed by atoms with Gasteiger partial charge in [-0.15, -0.1) is 0 Å². The number of likely N-dealkylation sites (tertiary alicyclic amines) is 1. The van der Waals surface area contributed by atoms with Gasteiger partial charge in [0.05, 0.1) is 26.4 Å². The number of phosphoric ester groups is 1. The van der Waals surface area contributed by atoms with Crippen LogP contribution >= 0.6 is 7.82 Å². The summed E-state index contributed by atoms with van der Waals surface area (Å²) in [7, 11) is -4.39. The van der Waals surface area contributed by atoms with E-state index in [-0.39, 0.29) is 13.2 Å². The summed E-state index contributed by atoms with van der Waals surface area (Å²) in [5, 5.41) is 0. The lowest BCUT2D eigenvalue weighted by Crippen LogP contribution is -2.27. The molecule has 45 heavy (non-hydrogen) atoms. The molecule has 0 amide bonds. The summed E-state index contributed by atoms with van der Waals surface area (Å²) < 4.78 is 34.6. The summed E-state index contributed by atoms with van der Waals surface area (Å²) in [4.78, 5) is 14.8. The lowest BCUT2D eigenvalue weighted by atomic mass is 10.0. The van der Waals surface area contributed by atoms with Crippen LogP contribution in [0.3, 0.4) is 0 Å². The molecule has 262 valence electrons. The summed E-state index contributed by atoms with van der Waals surface area (Å²) in [5.74, 6) is 0. The van der Waals surface area contributed by atoms with Crippen molar-refractivity contribution in [2.75, 3.05) is 46.1 Å². The van der Waals surface area contributed by atoms with Crippen LogP contribution in [0.5, 0.6) is 0 Å². The normalized spacial score (nSPS) is 15.9. The number of phosphoric acid groups is 1. The Morgan fingerprint density at radius 1 is 0.689 bits per heavy atom. The van der Waals surface area contributed by atoms with Crippen molar-refractivity contribution in [2.24, 2.45) is 0 Å². The Morgan fingerprint density at radius 2 is 1.22 bits per heavy atom. The van der Waals surface area contributed by atoms with Crippen molar-refractivity contribution >= 4 is 7.82 Å². The fraction of sp³-hybridized carbons (Fsp3) is 0.838. The second kappa shape index (κ2) is 28.2. The summed E-state index contributed by atoms with van der Waals surface area (Å²) in [5.41, 5.74) is 1.02. The minimum atomic E-state index is -4.39. The summed E-state index contributed by atoms with van der Waals surface area (Å²) in [6.45, 7) is 7.11. The Bertz CT molecular complexity index is 822. The van der Waals surface area contributed by atoms with Crippen LogP contribution in [0.1, 0.15) is 147 Å². The molecule has 0 aromatic heterocycles. The lowest BCUT2D eigenvalue weighted by Gasteiger charge is -2.26. The summed E-state index contributed by atoms with van der Waals surface area (Å²) in [6, 6.07) is 9.86. The predicted molar refractivity (Wildman–Crippen MR) is 184 cm³/mol. The zero-order chi connectivity index (χ0) is 32.1. The first-order valence-electron chi connectivity index (χ1n) is 18.6. The minimum absolute atomic E-state index is 0.110. The van der Waals surface area contributed by atoms with Crippen molar-refractivity contribution in [1.82, 2.24) is 4.90 Å². The molecular formula is C37H67NO6P-. The second-order valence-corrected chi connectivity index (χ2v) is 14.4. The zero-order valence-corrected chi connectivity index (χ0v) is 29.7. The molecule has 1 saturated heterocycles. The molecule has 0 aliphatic carbocycles.